The Morgan fingerprint density at radius 3 is 3.14 bits per heavy atom. The topological polar surface area (TPSA) is 12.0 Å². The summed E-state index contributed by atoms with van der Waals surface area (Å²) in [5.41, 5.74) is 3.01. The zero-order valence-electron chi connectivity index (χ0n) is 8.76. The largest absolute Gasteiger partial charge is 0.307 e. The van der Waals surface area contributed by atoms with Gasteiger partial charge in [-0.25, -0.2) is 0 Å². The van der Waals surface area contributed by atoms with Crippen LogP contribution in [0.1, 0.15) is 32.1 Å². The van der Waals surface area contributed by atoms with Crippen LogP contribution in [0, 0.1) is 0 Å². The average molecular weight is 189 g/mol. The van der Waals surface area contributed by atoms with E-state index < -0.39 is 0 Å². The van der Waals surface area contributed by atoms with Gasteiger partial charge in [0.15, 0.2) is 0 Å². The molecule has 0 aromatic carbocycles. The van der Waals surface area contributed by atoms with Crippen LogP contribution in [0.4, 0.5) is 0 Å². The Balaban J connectivity index is 2.03. The molecular formula is C13H19N. The minimum Gasteiger partial charge on any atom is -0.307 e. The second kappa shape index (κ2) is 4.14. The molecule has 1 N–H and O–H groups in total. The van der Waals surface area contributed by atoms with Crippen LogP contribution in [0.15, 0.2) is 36.5 Å². The quantitative estimate of drug-likeness (QED) is 0.658. The van der Waals surface area contributed by atoms with Crippen molar-refractivity contribution in [2.45, 2.75) is 44.2 Å². The molecule has 14 heavy (non-hydrogen) atoms. The van der Waals surface area contributed by atoms with Crippen molar-refractivity contribution in [3.8, 4) is 0 Å². The second-order valence-corrected chi connectivity index (χ2v) is 4.41. The van der Waals surface area contributed by atoms with Gasteiger partial charge in [-0.05, 0) is 32.1 Å². The van der Waals surface area contributed by atoms with Crippen LogP contribution in [-0.4, -0.2) is 12.1 Å². The fraction of sp³-hybridized carbons (Fsp3) is 0.538. The highest BCUT2D eigenvalue weighted by molar-refractivity contribution is 5.24. The molecule has 1 fully saturated rings. The number of rotatable bonds is 2. The molecule has 0 aromatic rings. The Bertz CT molecular complexity index is 275. The lowest BCUT2D eigenvalue weighted by atomic mass is 9.83. The minimum absolute atomic E-state index is 0.579. The fourth-order valence-corrected chi connectivity index (χ4v) is 2.44. The maximum atomic E-state index is 4.09. The van der Waals surface area contributed by atoms with Gasteiger partial charge in [0.25, 0.3) is 0 Å². The van der Waals surface area contributed by atoms with E-state index in [9.17, 15) is 0 Å². The van der Waals surface area contributed by atoms with Crippen LogP contribution >= 0.6 is 0 Å². The number of hydrogen-bond acceptors (Lipinski definition) is 1. The van der Waals surface area contributed by atoms with Gasteiger partial charge in [0.05, 0.1) is 0 Å². The van der Waals surface area contributed by atoms with Crippen LogP contribution in [0.25, 0.3) is 0 Å². The molecule has 0 bridgehead atoms. The van der Waals surface area contributed by atoms with Crippen LogP contribution in [0.5, 0.6) is 0 Å². The number of nitrogens with one attached hydrogen (secondary N) is 1. The first-order chi connectivity index (χ1) is 6.79. The molecule has 0 amide bonds. The van der Waals surface area contributed by atoms with E-state index in [0.717, 1.165) is 12.8 Å². The minimum atomic E-state index is 0.579. The smallest absolute Gasteiger partial charge is 0.0319 e. The van der Waals surface area contributed by atoms with Crippen molar-refractivity contribution in [3.05, 3.63) is 36.5 Å². The Morgan fingerprint density at radius 2 is 2.36 bits per heavy atom. The molecule has 1 nitrogen and oxygen atoms in total. The standard InChI is InChI=1S/C13H19N/c1-3-4-12-8-7-11-6-5-10(2)9-13(11)14-12/h3,7,12-14H,1-2,4-6,8-9H2/t12-,13-/m1/s1. The van der Waals surface area contributed by atoms with Gasteiger partial charge in [0.1, 0.15) is 0 Å². The molecule has 1 aliphatic carbocycles. The van der Waals surface area contributed by atoms with E-state index in [1.165, 1.54) is 24.8 Å². The zero-order chi connectivity index (χ0) is 9.97. The fourth-order valence-electron chi connectivity index (χ4n) is 2.44. The summed E-state index contributed by atoms with van der Waals surface area (Å²) in [6.07, 6.45) is 10.2. The highest BCUT2D eigenvalue weighted by atomic mass is 15.0. The van der Waals surface area contributed by atoms with Crippen molar-refractivity contribution in [3.63, 3.8) is 0 Å². The Labute approximate surface area is 86.6 Å². The van der Waals surface area contributed by atoms with Crippen molar-refractivity contribution >= 4 is 0 Å². The first-order valence-corrected chi connectivity index (χ1v) is 5.52. The van der Waals surface area contributed by atoms with Gasteiger partial charge in [-0.2, -0.15) is 0 Å². The average Bonchev–Trinajstić information content (AvgIpc) is 2.17. The molecule has 0 saturated heterocycles. The van der Waals surface area contributed by atoms with Gasteiger partial charge in [-0.1, -0.05) is 29.9 Å². The summed E-state index contributed by atoms with van der Waals surface area (Å²) in [5.74, 6) is 0. The molecule has 2 aliphatic rings. The van der Waals surface area contributed by atoms with Crippen molar-refractivity contribution in [2.24, 2.45) is 0 Å². The van der Waals surface area contributed by atoms with Crippen LogP contribution in [0.2, 0.25) is 0 Å². The molecule has 1 heteroatoms. The van der Waals surface area contributed by atoms with Gasteiger partial charge < -0.3 is 5.32 Å². The lowest BCUT2D eigenvalue weighted by Crippen LogP contribution is -2.43. The summed E-state index contributed by atoms with van der Waals surface area (Å²) < 4.78 is 0. The lowest BCUT2D eigenvalue weighted by Gasteiger charge is -2.35. The maximum absolute atomic E-state index is 4.09. The summed E-state index contributed by atoms with van der Waals surface area (Å²) in [6.45, 7) is 7.88. The third-order valence-corrected chi connectivity index (χ3v) is 3.26. The van der Waals surface area contributed by atoms with E-state index in [4.69, 9.17) is 0 Å². The highest BCUT2D eigenvalue weighted by Crippen LogP contribution is 2.30. The molecule has 2 atom stereocenters. The van der Waals surface area contributed by atoms with Gasteiger partial charge in [0.2, 0.25) is 0 Å². The molecule has 1 aliphatic heterocycles. The van der Waals surface area contributed by atoms with Crippen LogP contribution in [-0.2, 0) is 0 Å². The van der Waals surface area contributed by atoms with Crippen LogP contribution in [0.3, 0.4) is 0 Å². The van der Waals surface area contributed by atoms with Gasteiger partial charge >= 0.3 is 0 Å². The third-order valence-electron chi connectivity index (χ3n) is 3.26. The Kier molecular flexibility index (Phi) is 2.87. The molecule has 2 rings (SSSR count). The van der Waals surface area contributed by atoms with E-state index in [-0.39, 0.29) is 0 Å². The summed E-state index contributed by atoms with van der Waals surface area (Å²) >= 11 is 0. The Morgan fingerprint density at radius 1 is 1.50 bits per heavy atom. The summed E-state index contributed by atoms with van der Waals surface area (Å²) in [5, 5.41) is 3.69. The molecule has 1 heterocycles. The molecule has 0 aromatic heterocycles. The molecule has 1 saturated carbocycles. The number of fused-ring (bicyclic) bond motifs is 1. The highest BCUT2D eigenvalue weighted by Gasteiger charge is 2.25. The van der Waals surface area contributed by atoms with Crippen molar-refractivity contribution < 1.29 is 0 Å². The zero-order valence-corrected chi connectivity index (χ0v) is 8.76. The Hall–Kier alpha value is -0.820. The summed E-state index contributed by atoms with van der Waals surface area (Å²) in [4.78, 5) is 0. The predicted octanol–water partition coefficient (Wildman–Crippen LogP) is 2.96. The molecule has 0 unspecified atom stereocenters. The van der Waals surface area contributed by atoms with E-state index >= 15 is 0 Å². The molecule has 76 valence electrons. The van der Waals surface area contributed by atoms with E-state index in [0.29, 0.717) is 12.1 Å². The predicted molar refractivity (Wildman–Crippen MR) is 61.2 cm³/mol. The van der Waals surface area contributed by atoms with Gasteiger partial charge in [-0.15, -0.1) is 6.58 Å². The van der Waals surface area contributed by atoms with Crippen molar-refractivity contribution in [1.82, 2.24) is 5.32 Å². The summed E-state index contributed by atoms with van der Waals surface area (Å²) in [6, 6.07) is 1.18. The second-order valence-electron chi connectivity index (χ2n) is 4.41. The maximum Gasteiger partial charge on any atom is 0.0319 e. The summed E-state index contributed by atoms with van der Waals surface area (Å²) in [7, 11) is 0. The SMILES string of the molecule is C=CC[C@@H]1CC=C2CCC(=C)C[C@H]2N1. The van der Waals surface area contributed by atoms with Gasteiger partial charge in [0, 0.05) is 12.1 Å². The monoisotopic (exact) mass is 189 g/mol. The van der Waals surface area contributed by atoms with Crippen molar-refractivity contribution in [2.75, 3.05) is 0 Å². The van der Waals surface area contributed by atoms with E-state index in [1.54, 1.807) is 5.57 Å². The lowest BCUT2D eigenvalue weighted by molar-refractivity contribution is 0.409. The first-order valence-electron chi connectivity index (χ1n) is 5.52. The first kappa shape index (κ1) is 9.72. The molecular weight excluding hydrogens is 170 g/mol. The normalized spacial score (nSPS) is 32.0. The van der Waals surface area contributed by atoms with E-state index in [2.05, 4.69) is 24.6 Å². The molecule has 0 spiro atoms. The van der Waals surface area contributed by atoms with E-state index in [1.807, 2.05) is 6.08 Å². The van der Waals surface area contributed by atoms with Crippen molar-refractivity contribution in [1.29, 1.82) is 0 Å². The number of hydrogen-bond donors (Lipinski definition) is 1. The van der Waals surface area contributed by atoms with Gasteiger partial charge in [-0.3, -0.25) is 0 Å². The van der Waals surface area contributed by atoms with Crippen LogP contribution < -0.4 is 5.32 Å². The molecule has 0 radical (unpaired) electrons. The third kappa shape index (κ3) is 1.98.